The summed E-state index contributed by atoms with van der Waals surface area (Å²) in [4.78, 5) is 16.8. The van der Waals surface area contributed by atoms with Crippen LogP contribution in [0.4, 0.5) is 4.79 Å². The second-order valence-corrected chi connectivity index (χ2v) is 7.53. The van der Waals surface area contributed by atoms with Crippen molar-refractivity contribution in [2.45, 2.75) is 39.8 Å². The molecule has 24 heavy (non-hydrogen) atoms. The fourth-order valence-electron chi connectivity index (χ4n) is 2.06. The van der Waals surface area contributed by atoms with Crippen LogP contribution in [0.2, 0.25) is 10.0 Å². The lowest BCUT2D eigenvalue weighted by atomic mass is 10.1. The third-order valence-corrected chi connectivity index (χ3v) is 3.37. The summed E-state index contributed by atoms with van der Waals surface area (Å²) in [6, 6.07) is 5.14. The van der Waals surface area contributed by atoms with Crippen LogP contribution in [0, 0.1) is 5.92 Å². The maximum Gasteiger partial charge on any atom is 0.410 e. The molecular formula is C16H22Cl2N4O2. The summed E-state index contributed by atoms with van der Waals surface area (Å²) < 4.78 is 5.46. The van der Waals surface area contributed by atoms with Gasteiger partial charge in [0.15, 0.2) is 0 Å². The number of hydrogen-bond acceptors (Lipinski definition) is 3. The van der Waals surface area contributed by atoms with E-state index in [2.05, 4.69) is 10.0 Å². The molecule has 0 unspecified atom stereocenters. The lowest BCUT2D eigenvalue weighted by molar-refractivity contribution is 0.0209. The first-order chi connectivity index (χ1) is 11.1. The minimum atomic E-state index is -0.602. The molecule has 132 valence electrons. The Morgan fingerprint density at radius 3 is 2.42 bits per heavy atom. The summed E-state index contributed by atoms with van der Waals surface area (Å²) in [6.45, 7) is 8.31. The fraction of sp³-hybridized carbons (Fsp3) is 0.562. The predicted octanol–water partition coefficient (Wildman–Crippen LogP) is 5.68. The van der Waals surface area contributed by atoms with Gasteiger partial charge in [-0.1, -0.05) is 35.2 Å². The van der Waals surface area contributed by atoms with Crippen LogP contribution in [0.3, 0.4) is 0 Å². The van der Waals surface area contributed by atoms with Crippen molar-refractivity contribution >= 4 is 29.3 Å². The molecule has 6 nitrogen and oxygen atoms in total. The Labute approximate surface area is 152 Å². The number of azide groups is 1. The molecule has 1 aromatic rings. The Kier molecular flexibility index (Phi) is 7.67. The lowest BCUT2D eigenvalue weighted by Gasteiger charge is -2.29. The van der Waals surface area contributed by atoms with Gasteiger partial charge in [-0.3, -0.25) is 0 Å². The maximum atomic E-state index is 12.5. The Morgan fingerprint density at radius 2 is 1.92 bits per heavy atom. The second kappa shape index (κ2) is 9.02. The highest BCUT2D eigenvalue weighted by Crippen LogP contribution is 2.21. The molecule has 0 heterocycles. The van der Waals surface area contributed by atoms with Crippen LogP contribution in [-0.4, -0.2) is 29.7 Å². The third kappa shape index (κ3) is 7.77. The summed E-state index contributed by atoms with van der Waals surface area (Å²) in [7, 11) is 0. The van der Waals surface area contributed by atoms with Crippen LogP contribution >= 0.6 is 23.2 Å². The third-order valence-electron chi connectivity index (χ3n) is 2.94. The average Bonchev–Trinajstić information content (AvgIpc) is 2.41. The standard InChI is InChI=1S/C16H22Cl2N4O2/c1-11(8-20-21-19)9-22(15(23)24-16(2,3)4)10-12-5-13(17)7-14(18)6-12/h5-7,11H,8-10H2,1-4H3/t11-/m1/s1. The van der Waals surface area contributed by atoms with Crippen molar-refractivity contribution in [3.63, 3.8) is 0 Å². The molecule has 1 atom stereocenters. The van der Waals surface area contributed by atoms with Crippen LogP contribution in [-0.2, 0) is 11.3 Å². The first-order valence-corrected chi connectivity index (χ1v) is 8.30. The number of rotatable bonds is 6. The van der Waals surface area contributed by atoms with Crippen molar-refractivity contribution in [2.75, 3.05) is 13.1 Å². The fourth-order valence-corrected chi connectivity index (χ4v) is 2.63. The zero-order valence-corrected chi connectivity index (χ0v) is 15.8. The van der Waals surface area contributed by atoms with Gasteiger partial charge in [-0.15, -0.1) is 0 Å². The summed E-state index contributed by atoms with van der Waals surface area (Å²) in [5, 5.41) is 4.56. The number of benzene rings is 1. The van der Waals surface area contributed by atoms with Crippen LogP contribution in [0.15, 0.2) is 23.3 Å². The summed E-state index contributed by atoms with van der Waals surface area (Å²) in [6.07, 6.45) is -0.439. The van der Waals surface area contributed by atoms with Gasteiger partial charge in [-0.05, 0) is 56.0 Å². The van der Waals surface area contributed by atoms with Gasteiger partial charge in [0.2, 0.25) is 0 Å². The number of carbonyl (C=O) groups is 1. The Morgan fingerprint density at radius 1 is 1.33 bits per heavy atom. The zero-order chi connectivity index (χ0) is 18.3. The van der Waals surface area contributed by atoms with E-state index in [1.807, 2.05) is 27.7 Å². The zero-order valence-electron chi connectivity index (χ0n) is 14.3. The van der Waals surface area contributed by atoms with Crippen LogP contribution in [0.5, 0.6) is 0 Å². The number of hydrogen-bond donors (Lipinski definition) is 0. The van der Waals surface area contributed by atoms with Gasteiger partial charge in [0.1, 0.15) is 5.60 Å². The molecule has 0 aliphatic rings. The van der Waals surface area contributed by atoms with Gasteiger partial charge in [0.05, 0.1) is 0 Å². The summed E-state index contributed by atoms with van der Waals surface area (Å²) in [5.41, 5.74) is 8.63. The molecule has 0 saturated heterocycles. The van der Waals surface area contributed by atoms with Crippen molar-refractivity contribution in [2.24, 2.45) is 11.0 Å². The van der Waals surface area contributed by atoms with Gasteiger partial charge in [-0.25, -0.2) is 4.79 Å². The van der Waals surface area contributed by atoms with E-state index < -0.39 is 11.7 Å². The van der Waals surface area contributed by atoms with E-state index in [1.165, 1.54) is 0 Å². The van der Waals surface area contributed by atoms with Crippen molar-refractivity contribution in [1.29, 1.82) is 0 Å². The topological polar surface area (TPSA) is 78.3 Å². The molecule has 1 rings (SSSR count). The molecule has 8 heteroatoms. The molecular weight excluding hydrogens is 351 g/mol. The van der Waals surface area contributed by atoms with Crippen molar-refractivity contribution < 1.29 is 9.53 Å². The largest absolute Gasteiger partial charge is 0.444 e. The molecule has 0 bridgehead atoms. The van der Waals surface area contributed by atoms with Crippen molar-refractivity contribution in [3.8, 4) is 0 Å². The van der Waals surface area contributed by atoms with Gasteiger partial charge < -0.3 is 9.64 Å². The van der Waals surface area contributed by atoms with Gasteiger partial charge in [0.25, 0.3) is 0 Å². The molecule has 0 aliphatic heterocycles. The monoisotopic (exact) mass is 372 g/mol. The molecule has 1 aromatic carbocycles. The van der Waals surface area contributed by atoms with E-state index in [4.69, 9.17) is 33.5 Å². The molecule has 1 amide bonds. The Bertz CT molecular complexity index is 605. The molecule has 0 aromatic heterocycles. The minimum Gasteiger partial charge on any atom is -0.444 e. The van der Waals surface area contributed by atoms with Crippen molar-refractivity contribution in [1.82, 2.24) is 4.90 Å². The molecule has 0 saturated carbocycles. The molecule has 0 fully saturated rings. The SMILES string of the molecule is C[C@H](CN=[N+]=[N-])CN(Cc1cc(Cl)cc(Cl)c1)C(=O)OC(C)(C)C. The van der Waals surface area contributed by atoms with E-state index in [1.54, 1.807) is 23.1 Å². The Hall–Kier alpha value is -1.62. The number of ether oxygens (including phenoxy) is 1. The van der Waals surface area contributed by atoms with Crippen LogP contribution in [0.1, 0.15) is 33.3 Å². The highest BCUT2D eigenvalue weighted by molar-refractivity contribution is 6.34. The highest BCUT2D eigenvalue weighted by Gasteiger charge is 2.23. The summed E-state index contributed by atoms with van der Waals surface area (Å²) in [5.74, 6) is -0.0110. The predicted molar refractivity (Wildman–Crippen MR) is 96.3 cm³/mol. The van der Waals surface area contributed by atoms with Crippen molar-refractivity contribution in [3.05, 3.63) is 44.3 Å². The quantitative estimate of drug-likeness (QED) is 0.365. The van der Waals surface area contributed by atoms with E-state index in [-0.39, 0.29) is 5.92 Å². The minimum absolute atomic E-state index is 0.0110. The molecule has 0 spiro atoms. The first-order valence-electron chi connectivity index (χ1n) is 7.54. The molecule has 0 N–H and O–H groups in total. The first kappa shape index (κ1) is 20.4. The lowest BCUT2D eigenvalue weighted by Crippen LogP contribution is -2.39. The van der Waals surface area contributed by atoms with Gasteiger partial charge in [-0.2, -0.15) is 0 Å². The maximum absolute atomic E-state index is 12.5. The average molecular weight is 373 g/mol. The van der Waals surface area contributed by atoms with Gasteiger partial charge in [0, 0.05) is 34.6 Å². The highest BCUT2D eigenvalue weighted by atomic mass is 35.5. The van der Waals surface area contributed by atoms with E-state index >= 15 is 0 Å². The number of halogens is 2. The van der Waals surface area contributed by atoms with Gasteiger partial charge >= 0.3 is 6.09 Å². The summed E-state index contributed by atoms with van der Waals surface area (Å²) >= 11 is 12.0. The normalized spacial score (nSPS) is 12.2. The number of carbonyl (C=O) groups excluding carboxylic acids is 1. The van der Waals surface area contributed by atoms with E-state index in [0.717, 1.165) is 5.56 Å². The smallest absolute Gasteiger partial charge is 0.410 e. The second-order valence-electron chi connectivity index (χ2n) is 6.66. The molecule has 0 radical (unpaired) electrons. The van der Waals surface area contributed by atoms with E-state index in [9.17, 15) is 4.79 Å². The Balaban J connectivity index is 2.94. The number of nitrogens with zero attached hydrogens (tertiary/aromatic N) is 4. The van der Waals surface area contributed by atoms with Crippen LogP contribution in [0.25, 0.3) is 10.4 Å². The van der Waals surface area contributed by atoms with E-state index in [0.29, 0.717) is 29.7 Å². The van der Waals surface area contributed by atoms with Crippen LogP contribution < -0.4 is 0 Å². The molecule has 0 aliphatic carbocycles. The number of amides is 1.